The molecule has 1 aliphatic heterocycles. The lowest BCUT2D eigenvalue weighted by Crippen LogP contribution is -2.08. The maximum Gasteiger partial charge on any atom is 0.158 e. The Balaban J connectivity index is 1.64. The SMILES string of the molecule is Cc1cccc(CSCCC2OCCO2)c1. The molecular weight excluding hydrogens is 220 g/mol. The van der Waals surface area contributed by atoms with Gasteiger partial charge >= 0.3 is 0 Å². The molecule has 1 heterocycles. The number of ether oxygens (including phenoxy) is 2. The van der Waals surface area contributed by atoms with E-state index in [9.17, 15) is 0 Å². The van der Waals surface area contributed by atoms with Crippen LogP contribution < -0.4 is 0 Å². The molecule has 16 heavy (non-hydrogen) atoms. The molecule has 0 saturated carbocycles. The zero-order valence-electron chi connectivity index (χ0n) is 9.65. The van der Waals surface area contributed by atoms with Gasteiger partial charge in [0.15, 0.2) is 6.29 Å². The molecule has 2 nitrogen and oxygen atoms in total. The maximum atomic E-state index is 5.39. The van der Waals surface area contributed by atoms with Crippen LogP contribution in [0, 0.1) is 6.92 Å². The smallest absolute Gasteiger partial charge is 0.158 e. The van der Waals surface area contributed by atoms with Crippen molar-refractivity contribution in [1.29, 1.82) is 0 Å². The van der Waals surface area contributed by atoms with Crippen molar-refractivity contribution in [3.05, 3.63) is 35.4 Å². The van der Waals surface area contributed by atoms with E-state index >= 15 is 0 Å². The third-order valence-corrected chi connectivity index (χ3v) is 3.60. The highest BCUT2D eigenvalue weighted by Gasteiger charge is 2.14. The Bertz CT molecular complexity index is 321. The molecule has 1 aliphatic rings. The summed E-state index contributed by atoms with van der Waals surface area (Å²) in [7, 11) is 0. The fraction of sp³-hybridized carbons (Fsp3) is 0.538. The first-order chi connectivity index (χ1) is 7.84. The van der Waals surface area contributed by atoms with Gasteiger partial charge in [0.25, 0.3) is 0 Å². The van der Waals surface area contributed by atoms with E-state index in [1.165, 1.54) is 11.1 Å². The van der Waals surface area contributed by atoms with Gasteiger partial charge in [0.1, 0.15) is 0 Å². The first kappa shape index (κ1) is 12.0. The summed E-state index contributed by atoms with van der Waals surface area (Å²) >= 11 is 1.94. The third-order valence-electron chi connectivity index (χ3n) is 2.54. The number of hydrogen-bond acceptors (Lipinski definition) is 3. The standard InChI is InChI=1S/C13H18O2S/c1-11-3-2-4-12(9-11)10-16-8-5-13-14-6-7-15-13/h2-4,9,13H,5-8,10H2,1H3. The number of rotatable bonds is 5. The van der Waals surface area contributed by atoms with Crippen molar-refractivity contribution in [2.24, 2.45) is 0 Å². The predicted molar refractivity (Wildman–Crippen MR) is 67.7 cm³/mol. The Kier molecular flexibility index (Phi) is 4.69. The molecule has 1 fully saturated rings. The molecule has 0 atom stereocenters. The second-order valence-electron chi connectivity index (χ2n) is 4.00. The van der Waals surface area contributed by atoms with Crippen molar-refractivity contribution in [1.82, 2.24) is 0 Å². The van der Waals surface area contributed by atoms with Crippen molar-refractivity contribution in [2.45, 2.75) is 25.4 Å². The van der Waals surface area contributed by atoms with Gasteiger partial charge in [-0.25, -0.2) is 0 Å². The van der Waals surface area contributed by atoms with Gasteiger partial charge in [-0.05, 0) is 18.2 Å². The Morgan fingerprint density at radius 1 is 1.31 bits per heavy atom. The molecule has 0 bridgehead atoms. The van der Waals surface area contributed by atoms with Crippen LogP contribution >= 0.6 is 11.8 Å². The van der Waals surface area contributed by atoms with E-state index in [0.717, 1.165) is 31.1 Å². The van der Waals surface area contributed by atoms with Crippen LogP contribution in [0.5, 0.6) is 0 Å². The Hall–Kier alpha value is -0.510. The van der Waals surface area contributed by atoms with E-state index in [4.69, 9.17) is 9.47 Å². The maximum absolute atomic E-state index is 5.39. The monoisotopic (exact) mass is 238 g/mol. The number of hydrogen-bond donors (Lipinski definition) is 0. The highest BCUT2D eigenvalue weighted by molar-refractivity contribution is 7.98. The fourth-order valence-electron chi connectivity index (χ4n) is 1.75. The van der Waals surface area contributed by atoms with Crippen LogP contribution in [-0.2, 0) is 15.2 Å². The van der Waals surface area contributed by atoms with Gasteiger partial charge in [-0.15, -0.1) is 0 Å². The summed E-state index contributed by atoms with van der Waals surface area (Å²) in [5.74, 6) is 2.17. The summed E-state index contributed by atoms with van der Waals surface area (Å²) in [4.78, 5) is 0. The number of aryl methyl sites for hydroxylation is 1. The first-order valence-electron chi connectivity index (χ1n) is 5.71. The topological polar surface area (TPSA) is 18.5 Å². The average Bonchev–Trinajstić information content (AvgIpc) is 2.77. The van der Waals surface area contributed by atoms with Crippen molar-refractivity contribution in [3.8, 4) is 0 Å². The zero-order valence-corrected chi connectivity index (χ0v) is 10.5. The first-order valence-corrected chi connectivity index (χ1v) is 6.86. The molecular formula is C13H18O2S. The van der Waals surface area contributed by atoms with E-state index in [2.05, 4.69) is 31.2 Å². The minimum Gasteiger partial charge on any atom is -0.350 e. The number of thioether (sulfide) groups is 1. The minimum atomic E-state index is 0.0463. The van der Waals surface area contributed by atoms with Crippen LogP contribution in [0.1, 0.15) is 17.5 Å². The largest absolute Gasteiger partial charge is 0.350 e. The molecule has 0 N–H and O–H groups in total. The zero-order chi connectivity index (χ0) is 11.2. The lowest BCUT2D eigenvalue weighted by Gasteiger charge is -2.08. The molecule has 0 aromatic heterocycles. The Morgan fingerprint density at radius 2 is 2.12 bits per heavy atom. The lowest BCUT2D eigenvalue weighted by atomic mass is 10.2. The normalized spacial score (nSPS) is 16.8. The molecule has 88 valence electrons. The van der Waals surface area contributed by atoms with Crippen molar-refractivity contribution in [3.63, 3.8) is 0 Å². The van der Waals surface area contributed by atoms with Crippen LogP contribution in [0.4, 0.5) is 0 Å². The van der Waals surface area contributed by atoms with Gasteiger partial charge in [0.2, 0.25) is 0 Å². The molecule has 0 radical (unpaired) electrons. The van der Waals surface area contributed by atoms with E-state index in [1.807, 2.05) is 11.8 Å². The molecule has 3 heteroatoms. The van der Waals surface area contributed by atoms with E-state index < -0.39 is 0 Å². The second-order valence-corrected chi connectivity index (χ2v) is 5.11. The van der Waals surface area contributed by atoms with E-state index in [1.54, 1.807) is 0 Å². The van der Waals surface area contributed by atoms with E-state index in [-0.39, 0.29) is 6.29 Å². The summed E-state index contributed by atoms with van der Waals surface area (Å²) in [5.41, 5.74) is 2.74. The van der Waals surface area contributed by atoms with Crippen LogP contribution in [-0.4, -0.2) is 25.3 Å². The van der Waals surface area contributed by atoms with Gasteiger partial charge < -0.3 is 9.47 Å². The predicted octanol–water partition coefficient (Wildman–Crippen LogP) is 2.99. The van der Waals surface area contributed by atoms with E-state index in [0.29, 0.717) is 0 Å². The van der Waals surface area contributed by atoms with Gasteiger partial charge in [0.05, 0.1) is 13.2 Å². The fourth-order valence-corrected chi connectivity index (χ4v) is 2.66. The molecule has 2 rings (SSSR count). The Labute approximate surface area is 101 Å². The van der Waals surface area contributed by atoms with Crippen LogP contribution in [0.3, 0.4) is 0 Å². The van der Waals surface area contributed by atoms with Crippen LogP contribution in [0.25, 0.3) is 0 Å². The summed E-state index contributed by atoms with van der Waals surface area (Å²) < 4.78 is 10.8. The van der Waals surface area contributed by atoms with Crippen molar-refractivity contribution in [2.75, 3.05) is 19.0 Å². The molecule has 0 aliphatic carbocycles. The lowest BCUT2D eigenvalue weighted by molar-refractivity contribution is -0.0421. The second kappa shape index (κ2) is 6.28. The van der Waals surface area contributed by atoms with Crippen LogP contribution in [0.15, 0.2) is 24.3 Å². The molecule has 1 saturated heterocycles. The third kappa shape index (κ3) is 3.81. The average molecular weight is 238 g/mol. The highest BCUT2D eigenvalue weighted by atomic mass is 32.2. The highest BCUT2D eigenvalue weighted by Crippen LogP contribution is 2.17. The van der Waals surface area contributed by atoms with Gasteiger partial charge in [-0.2, -0.15) is 11.8 Å². The van der Waals surface area contributed by atoms with Crippen LogP contribution in [0.2, 0.25) is 0 Å². The molecule has 0 unspecified atom stereocenters. The van der Waals surface area contributed by atoms with Crippen molar-refractivity contribution >= 4 is 11.8 Å². The molecule has 0 spiro atoms. The summed E-state index contributed by atoms with van der Waals surface area (Å²) in [6.07, 6.45) is 1.04. The summed E-state index contributed by atoms with van der Waals surface area (Å²) in [5, 5.41) is 0. The minimum absolute atomic E-state index is 0.0463. The number of benzene rings is 1. The van der Waals surface area contributed by atoms with Gasteiger partial charge in [-0.3, -0.25) is 0 Å². The Morgan fingerprint density at radius 3 is 2.88 bits per heavy atom. The molecule has 1 aromatic carbocycles. The molecule has 1 aromatic rings. The van der Waals surface area contributed by atoms with Crippen molar-refractivity contribution < 1.29 is 9.47 Å². The quantitative estimate of drug-likeness (QED) is 0.735. The van der Waals surface area contributed by atoms with Gasteiger partial charge in [0, 0.05) is 12.2 Å². The van der Waals surface area contributed by atoms with Gasteiger partial charge in [-0.1, -0.05) is 29.8 Å². The summed E-state index contributed by atoms with van der Waals surface area (Å²) in [6, 6.07) is 8.68. The molecule has 0 amide bonds. The summed E-state index contributed by atoms with van der Waals surface area (Å²) in [6.45, 7) is 3.65.